The van der Waals surface area contributed by atoms with Crippen molar-refractivity contribution in [2.45, 2.75) is 13.8 Å². The van der Waals surface area contributed by atoms with Gasteiger partial charge < -0.3 is 15.2 Å². The third kappa shape index (κ3) is 3.74. The van der Waals surface area contributed by atoms with Gasteiger partial charge in [0.25, 0.3) is 0 Å². The van der Waals surface area contributed by atoms with E-state index in [9.17, 15) is 14.4 Å². The van der Waals surface area contributed by atoms with E-state index in [0.29, 0.717) is 17.7 Å². The van der Waals surface area contributed by atoms with Crippen molar-refractivity contribution in [2.75, 3.05) is 6.61 Å². The number of Topliss-reactive ketones (excluding diaryl/α,β-unsaturated/α-hetero) is 1. The Kier molecular flexibility index (Phi) is 5.07. The van der Waals surface area contributed by atoms with Crippen LogP contribution in [0.4, 0.5) is 0 Å². The Balaban J connectivity index is 1.89. The van der Waals surface area contributed by atoms with Gasteiger partial charge in [0.2, 0.25) is 5.78 Å². The van der Waals surface area contributed by atoms with Crippen LogP contribution in [0.3, 0.4) is 0 Å². The maximum Gasteiger partial charge on any atom is 0.349 e. The van der Waals surface area contributed by atoms with Gasteiger partial charge in [-0.05, 0) is 35.7 Å². The Morgan fingerprint density at radius 1 is 1.04 bits per heavy atom. The Morgan fingerprint density at radius 2 is 1.67 bits per heavy atom. The summed E-state index contributed by atoms with van der Waals surface area (Å²) in [7, 11) is 0. The first-order valence-corrected chi connectivity index (χ1v) is 8.51. The highest BCUT2D eigenvalue weighted by Crippen LogP contribution is 2.30. The van der Waals surface area contributed by atoms with Gasteiger partial charge in [0.1, 0.15) is 11.3 Å². The lowest BCUT2D eigenvalue weighted by molar-refractivity contribution is -0.130. The monoisotopic (exact) mass is 365 g/mol. The predicted octanol–water partition coefficient (Wildman–Crippen LogP) is 2.97. The summed E-state index contributed by atoms with van der Waals surface area (Å²) in [4.78, 5) is 36.9. The van der Waals surface area contributed by atoms with Crippen LogP contribution in [-0.2, 0) is 9.53 Å². The zero-order valence-electron chi connectivity index (χ0n) is 15.0. The van der Waals surface area contributed by atoms with Crippen LogP contribution >= 0.6 is 0 Å². The summed E-state index contributed by atoms with van der Waals surface area (Å²) < 4.78 is 10.4. The molecule has 0 saturated heterocycles. The Morgan fingerprint density at radius 3 is 2.33 bits per heavy atom. The van der Waals surface area contributed by atoms with Crippen molar-refractivity contribution >= 4 is 23.4 Å². The van der Waals surface area contributed by atoms with E-state index in [1.165, 1.54) is 12.1 Å². The van der Waals surface area contributed by atoms with Crippen molar-refractivity contribution < 1.29 is 23.9 Å². The summed E-state index contributed by atoms with van der Waals surface area (Å²) in [6.45, 7) is 4.22. The van der Waals surface area contributed by atoms with Crippen LogP contribution in [0, 0.1) is 5.92 Å². The topological polar surface area (TPSA) is 95.7 Å². The minimum Gasteiger partial charge on any atom is -0.462 e. The van der Waals surface area contributed by atoms with E-state index >= 15 is 0 Å². The lowest BCUT2D eigenvalue weighted by atomic mass is 9.95. The van der Waals surface area contributed by atoms with Gasteiger partial charge in [0, 0.05) is 0 Å². The number of benzene rings is 2. The number of rotatable bonds is 4. The number of para-hydroxylation sites is 1. The highest BCUT2D eigenvalue weighted by Gasteiger charge is 2.33. The molecule has 138 valence electrons. The van der Waals surface area contributed by atoms with E-state index < -0.39 is 17.7 Å². The predicted molar refractivity (Wildman–Crippen MR) is 99.1 cm³/mol. The van der Waals surface area contributed by atoms with Gasteiger partial charge in [0.15, 0.2) is 0 Å². The van der Waals surface area contributed by atoms with Crippen LogP contribution < -0.4 is 10.5 Å². The van der Waals surface area contributed by atoms with Crippen molar-refractivity contribution in [1.82, 2.24) is 0 Å². The van der Waals surface area contributed by atoms with Crippen LogP contribution in [-0.4, -0.2) is 24.3 Å². The van der Waals surface area contributed by atoms with E-state index in [2.05, 4.69) is 0 Å². The average molecular weight is 365 g/mol. The SMILES string of the molecule is CC(C)COC(=O)c1ccc(/C(N)=C2/C(=O)Oc3ccccc3C2=O)cc1. The molecule has 0 amide bonds. The summed E-state index contributed by atoms with van der Waals surface area (Å²) in [5.41, 5.74) is 6.94. The molecule has 2 aromatic rings. The standard InChI is InChI=1S/C21H19NO5/c1-12(2)11-26-20(24)14-9-7-13(8-10-14)18(22)17-19(23)15-5-3-4-6-16(15)27-21(17)25/h3-10,12H,11,22H2,1-2H3/b18-17-. The van der Waals surface area contributed by atoms with Gasteiger partial charge in [-0.25, -0.2) is 9.59 Å². The largest absolute Gasteiger partial charge is 0.462 e. The molecule has 3 rings (SSSR count). The molecule has 0 unspecified atom stereocenters. The highest BCUT2D eigenvalue weighted by atomic mass is 16.5. The molecule has 0 radical (unpaired) electrons. The Labute approximate surface area is 156 Å². The van der Waals surface area contributed by atoms with E-state index in [0.717, 1.165) is 0 Å². The average Bonchev–Trinajstić information content (AvgIpc) is 2.66. The number of fused-ring (bicyclic) bond motifs is 1. The zero-order chi connectivity index (χ0) is 19.6. The zero-order valence-corrected chi connectivity index (χ0v) is 15.0. The molecular formula is C21H19NO5. The molecule has 0 aromatic heterocycles. The third-order valence-corrected chi connectivity index (χ3v) is 4.01. The van der Waals surface area contributed by atoms with E-state index in [4.69, 9.17) is 15.2 Å². The molecule has 27 heavy (non-hydrogen) atoms. The highest BCUT2D eigenvalue weighted by molar-refractivity contribution is 6.31. The first kappa shape index (κ1) is 18.4. The summed E-state index contributed by atoms with van der Waals surface area (Å²) in [5.74, 6) is -1.27. The molecule has 0 bridgehead atoms. The molecule has 2 N–H and O–H groups in total. The summed E-state index contributed by atoms with van der Waals surface area (Å²) in [6.07, 6.45) is 0. The number of hydrogen-bond donors (Lipinski definition) is 1. The molecule has 2 aromatic carbocycles. The number of esters is 2. The van der Waals surface area contributed by atoms with Gasteiger partial charge in [0.05, 0.1) is 23.4 Å². The van der Waals surface area contributed by atoms with Gasteiger partial charge in [-0.1, -0.05) is 38.1 Å². The molecule has 0 saturated carbocycles. The molecule has 0 spiro atoms. The van der Waals surface area contributed by atoms with Crippen molar-refractivity contribution in [2.24, 2.45) is 11.7 Å². The number of ether oxygens (including phenoxy) is 2. The number of carbonyl (C=O) groups excluding carboxylic acids is 3. The molecule has 6 heteroatoms. The van der Waals surface area contributed by atoms with E-state index in [1.54, 1.807) is 36.4 Å². The van der Waals surface area contributed by atoms with Crippen molar-refractivity contribution in [3.8, 4) is 5.75 Å². The molecule has 1 aliphatic rings. The van der Waals surface area contributed by atoms with Crippen LogP contribution in [0.2, 0.25) is 0 Å². The molecule has 0 atom stereocenters. The number of carbonyl (C=O) groups is 3. The van der Waals surface area contributed by atoms with Gasteiger partial charge in [-0.3, -0.25) is 4.79 Å². The summed E-state index contributed by atoms with van der Waals surface area (Å²) in [5, 5.41) is 0. The fourth-order valence-electron chi connectivity index (χ4n) is 2.61. The normalized spacial score (nSPS) is 15.2. The van der Waals surface area contributed by atoms with Gasteiger partial charge >= 0.3 is 11.9 Å². The number of hydrogen-bond acceptors (Lipinski definition) is 6. The second kappa shape index (κ2) is 7.45. The lowest BCUT2D eigenvalue weighted by Crippen LogP contribution is -2.28. The quantitative estimate of drug-likeness (QED) is 0.387. The fraction of sp³-hybridized carbons (Fsp3) is 0.190. The van der Waals surface area contributed by atoms with Gasteiger partial charge in [-0.15, -0.1) is 0 Å². The maximum atomic E-state index is 12.7. The molecule has 0 fully saturated rings. The van der Waals surface area contributed by atoms with E-state index in [1.807, 2.05) is 13.8 Å². The van der Waals surface area contributed by atoms with Crippen molar-refractivity contribution in [3.63, 3.8) is 0 Å². The second-order valence-electron chi connectivity index (χ2n) is 6.57. The van der Waals surface area contributed by atoms with Crippen molar-refractivity contribution in [1.29, 1.82) is 0 Å². The molecule has 6 nitrogen and oxygen atoms in total. The smallest absolute Gasteiger partial charge is 0.349 e. The first-order chi connectivity index (χ1) is 12.9. The molecule has 1 heterocycles. The lowest BCUT2D eigenvalue weighted by Gasteiger charge is -2.18. The minimum atomic E-state index is -0.795. The van der Waals surface area contributed by atoms with Crippen LogP contribution in [0.1, 0.15) is 40.1 Å². The number of nitrogens with two attached hydrogens (primary N) is 1. The summed E-state index contributed by atoms with van der Waals surface area (Å²) in [6, 6.07) is 12.7. The fourth-order valence-corrected chi connectivity index (χ4v) is 2.61. The molecule has 1 aliphatic heterocycles. The number of ketones is 1. The molecular weight excluding hydrogens is 346 g/mol. The maximum absolute atomic E-state index is 12.7. The third-order valence-electron chi connectivity index (χ3n) is 4.01. The summed E-state index contributed by atoms with van der Waals surface area (Å²) >= 11 is 0. The second-order valence-corrected chi connectivity index (χ2v) is 6.57. The van der Waals surface area contributed by atoms with Crippen LogP contribution in [0.5, 0.6) is 5.75 Å². The van der Waals surface area contributed by atoms with E-state index in [-0.39, 0.29) is 28.5 Å². The molecule has 0 aliphatic carbocycles. The van der Waals surface area contributed by atoms with Gasteiger partial charge in [-0.2, -0.15) is 0 Å². The van der Waals surface area contributed by atoms with Crippen LogP contribution in [0.25, 0.3) is 5.70 Å². The van der Waals surface area contributed by atoms with Crippen LogP contribution in [0.15, 0.2) is 54.1 Å². The first-order valence-electron chi connectivity index (χ1n) is 8.51. The Hall–Kier alpha value is -3.41. The minimum absolute atomic E-state index is 0.00148. The Bertz CT molecular complexity index is 941. The van der Waals surface area contributed by atoms with Crippen molar-refractivity contribution in [3.05, 3.63) is 70.8 Å².